The molecule has 29 heavy (non-hydrogen) atoms. The van der Waals surface area contributed by atoms with Crippen LogP contribution in [0.4, 0.5) is 10.1 Å². The van der Waals surface area contributed by atoms with Crippen molar-refractivity contribution in [3.8, 4) is 5.69 Å². The maximum absolute atomic E-state index is 13.5. The van der Waals surface area contributed by atoms with Crippen LogP contribution < -0.4 is 5.32 Å². The lowest BCUT2D eigenvalue weighted by atomic mass is 10.1. The lowest BCUT2D eigenvalue weighted by molar-refractivity contribution is -0.144. The fourth-order valence-electron chi connectivity index (χ4n) is 2.43. The number of nitrogens with one attached hydrogen (secondary N) is 1. The number of thioether (sulfide) groups is 1. The molecule has 0 saturated carbocycles. The summed E-state index contributed by atoms with van der Waals surface area (Å²) in [5, 5.41) is 14.3. The molecule has 0 spiro atoms. The van der Waals surface area contributed by atoms with Gasteiger partial charge >= 0.3 is 5.97 Å². The number of carbonyl (C=O) groups excluding carboxylic acids is 2. The molecule has 0 fully saturated rings. The van der Waals surface area contributed by atoms with Crippen LogP contribution >= 0.6 is 11.8 Å². The first-order chi connectivity index (χ1) is 13.9. The van der Waals surface area contributed by atoms with E-state index in [1.807, 2.05) is 32.0 Å². The zero-order valence-electron chi connectivity index (χ0n) is 15.8. The smallest absolute Gasteiger partial charge is 0.316 e. The van der Waals surface area contributed by atoms with Crippen molar-refractivity contribution in [1.29, 1.82) is 0 Å². The Hall–Kier alpha value is -3.27. The number of benzene rings is 2. The van der Waals surface area contributed by atoms with Gasteiger partial charge in [0.25, 0.3) is 5.91 Å². The van der Waals surface area contributed by atoms with Crippen molar-refractivity contribution in [2.75, 3.05) is 17.7 Å². The molecule has 1 N–H and O–H groups in total. The molecule has 2 aromatic carbocycles. The number of anilines is 1. The fourth-order valence-corrected chi connectivity index (χ4v) is 3.11. The van der Waals surface area contributed by atoms with Gasteiger partial charge in [0, 0.05) is 0 Å². The molecule has 1 amide bonds. The van der Waals surface area contributed by atoms with E-state index in [0.717, 1.165) is 28.6 Å². The van der Waals surface area contributed by atoms with Crippen LogP contribution in [0.1, 0.15) is 11.1 Å². The molecule has 0 saturated heterocycles. The third-order valence-corrected chi connectivity index (χ3v) is 4.76. The molecule has 0 aliphatic carbocycles. The van der Waals surface area contributed by atoms with Gasteiger partial charge in [-0.15, -0.1) is 5.10 Å². The Morgan fingerprint density at radius 3 is 2.79 bits per heavy atom. The summed E-state index contributed by atoms with van der Waals surface area (Å²) in [7, 11) is 0. The quantitative estimate of drug-likeness (QED) is 0.468. The van der Waals surface area contributed by atoms with Crippen LogP contribution in [0, 0.1) is 19.7 Å². The number of ether oxygens (including phenoxy) is 1. The van der Waals surface area contributed by atoms with Crippen molar-refractivity contribution < 1.29 is 18.7 Å². The minimum atomic E-state index is -0.631. The summed E-state index contributed by atoms with van der Waals surface area (Å²) < 4.78 is 20.0. The first kappa shape index (κ1) is 20.5. The zero-order chi connectivity index (χ0) is 20.8. The Labute approximate surface area is 170 Å². The van der Waals surface area contributed by atoms with E-state index >= 15 is 0 Å². The van der Waals surface area contributed by atoms with E-state index in [0.29, 0.717) is 5.16 Å². The van der Waals surface area contributed by atoms with Crippen LogP contribution in [-0.2, 0) is 14.3 Å². The van der Waals surface area contributed by atoms with Gasteiger partial charge in [-0.05, 0) is 53.6 Å². The molecule has 8 nitrogen and oxygen atoms in total. The molecule has 0 unspecified atom stereocenters. The second-order valence-corrected chi connectivity index (χ2v) is 7.08. The number of para-hydroxylation sites is 1. The number of amides is 1. The number of nitrogens with zero attached hydrogens (tertiary/aromatic N) is 4. The van der Waals surface area contributed by atoms with E-state index < -0.39 is 24.3 Å². The molecular formula is C19H18FN5O3S. The first-order valence-corrected chi connectivity index (χ1v) is 9.61. The average molecular weight is 415 g/mol. The van der Waals surface area contributed by atoms with Gasteiger partial charge < -0.3 is 10.1 Å². The molecule has 150 valence electrons. The molecule has 1 aromatic heterocycles. The van der Waals surface area contributed by atoms with Gasteiger partial charge in [-0.3, -0.25) is 9.59 Å². The Bertz CT molecular complexity index is 1040. The number of halogens is 1. The number of aryl methyl sites for hydroxylation is 2. The third kappa shape index (κ3) is 5.38. The van der Waals surface area contributed by atoms with E-state index in [1.165, 1.54) is 18.2 Å². The largest absolute Gasteiger partial charge is 0.455 e. The van der Waals surface area contributed by atoms with Gasteiger partial charge in [0.05, 0.1) is 17.1 Å². The summed E-state index contributed by atoms with van der Waals surface area (Å²) in [4.78, 5) is 23.8. The van der Waals surface area contributed by atoms with Gasteiger partial charge in [0.1, 0.15) is 5.82 Å². The number of hydrogen-bond acceptors (Lipinski definition) is 7. The number of rotatable bonds is 7. The topological polar surface area (TPSA) is 99.0 Å². The van der Waals surface area contributed by atoms with E-state index in [-0.39, 0.29) is 11.4 Å². The zero-order valence-corrected chi connectivity index (χ0v) is 16.6. The number of carbonyl (C=O) groups is 2. The molecule has 3 rings (SSSR count). The molecule has 0 aliphatic rings. The van der Waals surface area contributed by atoms with Crippen LogP contribution in [-0.4, -0.2) is 44.4 Å². The molecule has 0 aliphatic heterocycles. The van der Waals surface area contributed by atoms with Gasteiger partial charge in [0.2, 0.25) is 5.16 Å². The van der Waals surface area contributed by atoms with Gasteiger partial charge in [-0.1, -0.05) is 36.0 Å². The first-order valence-electron chi connectivity index (χ1n) is 8.63. The monoisotopic (exact) mass is 415 g/mol. The van der Waals surface area contributed by atoms with Crippen molar-refractivity contribution in [2.24, 2.45) is 0 Å². The molecule has 3 aromatic rings. The van der Waals surface area contributed by atoms with Crippen LogP contribution in [0.3, 0.4) is 0 Å². The Balaban J connectivity index is 1.53. The summed E-state index contributed by atoms with van der Waals surface area (Å²) in [5.74, 6) is -1.90. The van der Waals surface area contributed by atoms with Crippen molar-refractivity contribution in [3.63, 3.8) is 0 Å². The number of esters is 1. The van der Waals surface area contributed by atoms with Crippen LogP contribution in [0.2, 0.25) is 0 Å². The Morgan fingerprint density at radius 2 is 2.00 bits per heavy atom. The minimum absolute atomic E-state index is 0.0237. The van der Waals surface area contributed by atoms with E-state index in [2.05, 4.69) is 20.8 Å². The van der Waals surface area contributed by atoms with E-state index in [4.69, 9.17) is 4.74 Å². The van der Waals surface area contributed by atoms with E-state index in [1.54, 1.807) is 10.7 Å². The highest BCUT2D eigenvalue weighted by atomic mass is 32.2. The van der Waals surface area contributed by atoms with Gasteiger partial charge in [-0.2, -0.15) is 4.68 Å². The average Bonchev–Trinajstić information content (AvgIpc) is 3.17. The second kappa shape index (κ2) is 9.28. The fraction of sp³-hybridized carbons (Fsp3) is 0.211. The SMILES string of the molecule is Cc1ccc(C)c(-n2nnnc2SCC(=O)OCC(=O)Nc2ccccc2F)c1. The predicted octanol–water partition coefficient (Wildman–Crippen LogP) is 2.69. The Kier molecular flexibility index (Phi) is 6.55. The summed E-state index contributed by atoms with van der Waals surface area (Å²) >= 11 is 1.09. The highest BCUT2D eigenvalue weighted by molar-refractivity contribution is 7.99. The molecule has 0 radical (unpaired) electrons. The van der Waals surface area contributed by atoms with Crippen LogP contribution in [0.5, 0.6) is 0 Å². The Morgan fingerprint density at radius 1 is 1.21 bits per heavy atom. The predicted molar refractivity (Wildman–Crippen MR) is 105 cm³/mol. The minimum Gasteiger partial charge on any atom is -0.455 e. The summed E-state index contributed by atoms with van der Waals surface area (Å²) in [6.07, 6.45) is 0. The van der Waals surface area contributed by atoms with Crippen LogP contribution in [0.25, 0.3) is 5.69 Å². The highest BCUT2D eigenvalue weighted by Gasteiger charge is 2.15. The summed E-state index contributed by atoms with van der Waals surface area (Å²) in [6, 6.07) is 11.6. The lowest BCUT2D eigenvalue weighted by Gasteiger charge is -2.09. The molecule has 0 bridgehead atoms. The molecule has 0 atom stereocenters. The maximum atomic E-state index is 13.5. The van der Waals surface area contributed by atoms with E-state index in [9.17, 15) is 14.0 Å². The standard InChI is InChI=1S/C19H18FN5O3S/c1-12-7-8-13(2)16(9-12)25-19(22-23-24-25)29-11-18(27)28-10-17(26)21-15-6-4-3-5-14(15)20/h3-9H,10-11H2,1-2H3,(H,21,26). The summed E-state index contributed by atoms with van der Waals surface area (Å²) in [6.45, 7) is 3.38. The molecule has 10 heteroatoms. The van der Waals surface area contributed by atoms with Crippen molar-refractivity contribution >= 4 is 29.3 Å². The lowest BCUT2D eigenvalue weighted by Crippen LogP contribution is -2.22. The van der Waals surface area contributed by atoms with Crippen LogP contribution in [0.15, 0.2) is 47.6 Å². The van der Waals surface area contributed by atoms with Crippen molar-refractivity contribution in [1.82, 2.24) is 20.2 Å². The second-order valence-electron chi connectivity index (χ2n) is 6.14. The number of hydrogen-bond donors (Lipinski definition) is 1. The third-order valence-electron chi connectivity index (χ3n) is 3.87. The normalized spacial score (nSPS) is 10.6. The van der Waals surface area contributed by atoms with Crippen molar-refractivity contribution in [3.05, 3.63) is 59.4 Å². The number of aromatic nitrogens is 4. The van der Waals surface area contributed by atoms with Gasteiger partial charge in [0.15, 0.2) is 6.61 Å². The molecular weight excluding hydrogens is 397 g/mol. The molecule has 1 heterocycles. The van der Waals surface area contributed by atoms with Crippen molar-refractivity contribution in [2.45, 2.75) is 19.0 Å². The highest BCUT2D eigenvalue weighted by Crippen LogP contribution is 2.21. The summed E-state index contributed by atoms with van der Waals surface area (Å²) in [5.41, 5.74) is 2.88. The van der Waals surface area contributed by atoms with Gasteiger partial charge in [-0.25, -0.2) is 4.39 Å². The number of tetrazole rings is 1. The maximum Gasteiger partial charge on any atom is 0.316 e.